The number of nitrogens with zero attached hydrogens (tertiary/aromatic N) is 3. The predicted octanol–water partition coefficient (Wildman–Crippen LogP) is 3.95. The molecule has 8 heteroatoms. The van der Waals surface area contributed by atoms with Crippen molar-refractivity contribution in [2.24, 2.45) is 0 Å². The molecule has 0 fully saturated rings. The van der Waals surface area contributed by atoms with E-state index in [0.717, 1.165) is 36.2 Å². The molecule has 1 aromatic heterocycles. The molecule has 8 nitrogen and oxygen atoms in total. The summed E-state index contributed by atoms with van der Waals surface area (Å²) < 4.78 is 0. The fourth-order valence-electron chi connectivity index (χ4n) is 3.21. The van der Waals surface area contributed by atoms with Crippen LogP contribution in [0.3, 0.4) is 0 Å². The van der Waals surface area contributed by atoms with Gasteiger partial charge in [-0.05, 0) is 42.7 Å². The molecule has 0 aliphatic heterocycles. The Kier molecular flexibility index (Phi) is 10.8. The second kappa shape index (κ2) is 14.8. The second-order valence-corrected chi connectivity index (χ2v) is 8.04. The number of aromatic nitrogens is 2. The first-order chi connectivity index (χ1) is 17.7. The largest absolute Gasteiger partial charge is 0.369 e. The number of nitrogens with one attached hydrogen (secondary N) is 4. The highest BCUT2D eigenvalue weighted by Crippen LogP contribution is 2.17. The van der Waals surface area contributed by atoms with E-state index in [4.69, 9.17) is 5.26 Å². The first-order valence-corrected chi connectivity index (χ1v) is 12.1. The maximum absolute atomic E-state index is 12.0. The van der Waals surface area contributed by atoms with Gasteiger partial charge in [0.25, 0.3) is 0 Å². The van der Waals surface area contributed by atoms with Crippen LogP contribution >= 0.6 is 0 Å². The zero-order valence-electron chi connectivity index (χ0n) is 20.5. The molecule has 184 valence electrons. The minimum Gasteiger partial charge on any atom is -0.369 e. The Morgan fingerprint density at radius 2 is 1.86 bits per heavy atom. The zero-order valence-corrected chi connectivity index (χ0v) is 20.5. The van der Waals surface area contributed by atoms with Crippen molar-refractivity contribution in [1.82, 2.24) is 20.6 Å². The molecule has 3 rings (SSSR count). The van der Waals surface area contributed by atoms with Crippen LogP contribution in [0.4, 0.5) is 17.5 Å². The Hall–Kier alpha value is -4.40. The Morgan fingerprint density at radius 1 is 1.06 bits per heavy atom. The number of nitriles is 1. The molecular formula is C28H31N7O. The van der Waals surface area contributed by atoms with Gasteiger partial charge in [-0.2, -0.15) is 10.2 Å². The van der Waals surface area contributed by atoms with Crippen LogP contribution in [0.25, 0.3) is 0 Å². The summed E-state index contributed by atoms with van der Waals surface area (Å²) in [6.45, 7) is 4.38. The van der Waals surface area contributed by atoms with E-state index in [1.165, 1.54) is 0 Å². The van der Waals surface area contributed by atoms with Gasteiger partial charge in [-0.15, -0.1) is 0 Å². The minimum absolute atomic E-state index is 0.0244. The molecule has 0 atom stereocenters. The maximum Gasteiger partial charge on any atom is 0.233 e. The van der Waals surface area contributed by atoms with Crippen LogP contribution in [0.2, 0.25) is 0 Å². The number of anilines is 3. The molecule has 1 amide bonds. The zero-order chi connectivity index (χ0) is 25.4. The van der Waals surface area contributed by atoms with Crippen molar-refractivity contribution in [3.05, 3.63) is 77.5 Å². The number of carbonyl (C=O) groups excluding carboxylic acids is 1. The fraction of sp³-hybridized carbons (Fsp3) is 0.286. The van der Waals surface area contributed by atoms with Crippen molar-refractivity contribution < 1.29 is 4.79 Å². The normalized spacial score (nSPS) is 10.0. The lowest BCUT2D eigenvalue weighted by Gasteiger charge is -2.10. The summed E-state index contributed by atoms with van der Waals surface area (Å²) in [6, 6.07) is 19.2. The number of amides is 1. The van der Waals surface area contributed by atoms with Crippen molar-refractivity contribution in [3.8, 4) is 17.9 Å². The van der Waals surface area contributed by atoms with Crippen molar-refractivity contribution >= 4 is 23.4 Å². The van der Waals surface area contributed by atoms with Gasteiger partial charge in [0, 0.05) is 31.7 Å². The highest BCUT2D eigenvalue weighted by atomic mass is 16.1. The van der Waals surface area contributed by atoms with Crippen LogP contribution in [-0.2, 0) is 11.3 Å². The highest BCUT2D eigenvalue weighted by Gasteiger charge is 2.06. The maximum atomic E-state index is 12.0. The minimum atomic E-state index is -0.0244. The van der Waals surface area contributed by atoms with E-state index in [2.05, 4.69) is 56.1 Å². The molecule has 2 aromatic carbocycles. The van der Waals surface area contributed by atoms with E-state index in [0.29, 0.717) is 36.8 Å². The van der Waals surface area contributed by atoms with Crippen molar-refractivity contribution in [1.29, 1.82) is 5.26 Å². The quantitative estimate of drug-likeness (QED) is 0.229. The molecule has 4 N–H and O–H groups in total. The molecule has 0 unspecified atom stereocenters. The van der Waals surface area contributed by atoms with Crippen molar-refractivity contribution in [2.45, 2.75) is 32.7 Å². The smallest absolute Gasteiger partial charge is 0.233 e. The van der Waals surface area contributed by atoms with E-state index < -0.39 is 0 Å². The van der Waals surface area contributed by atoms with Crippen LogP contribution in [0.1, 0.15) is 42.9 Å². The van der Waals surface area contributed by atoms with Crippen LogP contribution in [0.15, 0.2) is 60.8 Å². The van der Waals surface area contributed by atoms with Gasteiger partial charge in [0.05, 0.1) is 29.9 Å². The summed E-state index contributed by atoms with van der Waals surface area (Å²) in [6.07, 6.45) is 4.06. The molecule has 0 aliphatic rings. The number of unbranched alkanes of at least 4 members (excludes halogenated alkanes) is 1. The van der Waals surface area contributed by atoms with Gasteiger partial charge < -0.3 is 21.3 Å². The molecule has 0 saturated heterocycles. The van der Waals surface area contributed by atoms with Crippen molar-refractivity contribution in [3.63, 3.8) is 0 Å². The number of benzene rings is 2. The molecule has 1 heterocycles. The monoisotopic (exact) mass is 481 g/mol. The summed E-state index contributed by atoms with van der Waals surface area (Å²) >= 11 is 0. The first kappa shape index (κ1) is 26.2. The number of carbonyl (C=O) groups is 1. The summed E-state index contributed by atoms with van der Waals surface area (Å²) in [4.78, 5) is 20.9. The van der Waals surface area contributed by atoms with E-state index in [1.54, 1.807) is 18.3 Å². The van der Waals surface area contributed by atoms with Gasteiger partial charge in [-0.3, -0.25) is 4.79 Å². The van der Waals surface area contributed by atoms with E-state index >= 15 is 0 Å². The lowest BCUT2D eigenvalue weighted by Crippen LogP contribution is -2.34. The van der Waals surface area contributed by atoms with E-state index in [1.807, 2.05) is 42.5 Å². The van der Waals surface area contributed by atoms with Crippen LogP contribution < -0.4 is 21.3 Å². The van der Waals surface area contributed by atoms with Crippen LogP contribution in [0.5, 0.6) is 0 Å². The Labute approximate surface area is 212 Å². The molecule has 3 aromatic rings. The number of hydrogen-bond donors (Lipinski definition) is 4. The third-order valence-corrected chi connectivity index (χ3v) is 5.08. The summed E-state index contributed by atoms with van der Waals surface area (Å²) in [7, 11) is 0. The number of rotatable bonds is 12. The van der Waals surface area contributed by atoms with Gasteiger partial charge in [-0.1, -0.05) is 49.1 Å². The molecule has 0 spiro atoms. The average molecular weight is 482 g/mol. The van der Waals surface area contributed by atoms with Crippen LogP contribution in [0, 0.1) is 23.2 Å². The Bertz CT molecular complexity index is 1210. The first-order valence-electron chi connectivity index (χ1n) is 12.1. The molecule has 0 aliphatic carbocycles. The Morgan fingerprint density at radius 3 is 2.61 bits per heavy atom. The second-order valence-electron chi connectivity index (χ2n) is 8.04. The summed E-state index contributed by atoms with van der Waals surface area (Å²) in [5.74, 6) is 7.39. The van der Waals surface area contributed by atoms with E-state index in [-0.39, 0.29) is 12.5 Å². The number of hydrogen-bond acceptors (Lipinski definition) is 7. The topological polar surface area (TPSA) is 115 Å². The molecule has 0 saturated carbocycles. The van der Waals surface area contributed by atoms with E-state index in [9.17, 15) is 4.79 Å². The van der Waals surface area contributed by atoms with Gasteiger partial charge in [0.2, 0.25) is 11.9 Å². The van der Waals surface area contributed by atoms with Gasteiger partial charge in [-0.25, -0.2) is 4.98 Å². The molecule has 0 radical (unpaired) electrons. The average Bonchev–Trinajstić information content (AvgIpc) is 2.91. The van der Waals surface area contributed by atoms with Gasteiger partial charge in [0.1, 0.15) is 5.82 Å². The van der Waals surface area contributed by atoms with Gasteiger partial charge >= 0.3 is 0 Å². The molecule has 36 heavy (non-hydrogen) atoms. The predicted molar refractivity (Wildman–Crippen MR) is 143 cm³/mol. The lowest BCUT2D eigenvalue weighted by atomic mass is 10.2. The van der Waals surface area contributed by atoms with Gasteiger partial charge in [0.15, 0.2) is 0 Å². The summed E-state index contributed by atoms with van der Waals surface area (Å²) in [5, 5.41) is 21.5. The molecule has 0 bridgehead atoms. The third-order valence-electron chi connectivity index (χ3n) is 5.08. The summed E-state index contributed by atoms with van der Waals surface area (Å²) in [5.41, 5.74) is 3.27. The lowest BCUT2D eigenvalue weighted by molar-refractivity contribution is -0.120. The fourth-order valence-corrected chi connectivity index (χ4v) is 3.21. The van der Waals surface area contributed by atoms with Crippen LogP contribution in [-0.4, -0.2) is 35.5 Å². The van der Waals surface area contributed by atoms with Crippen molar-refractivity contribution in [2.75, 3.05) is 30.3 Å². The Balaban J connectivity index is 1.45. The SMILES string of the molecule is CCCNc1nc(Nc2ccc(C#N)cc2)ncc1C#CCCCNC(=O)CNCc1ccccc1. The third kappa shape index (κ3) is 9.09. The standard InChI is InChI=1S/C28H31N7O/c1-2-16-32-27-24(20-33-28(35-27)34-25-14-12-22(18-29)13-15-25)11-7-4-8-17-31-26(36)21-30-19-23-9-5-3-6-10-23/h3,5-6,9-10,12-15,20,30H,2,4,8,16-17,19,21H2,1H3,(H,31,36)(H2,32,33,34,35). The molecular weight excluding hydrogens is 450 g/mol. The highest BCUT2D eigenvalue weighted by molar-refractivity contribution is 5.77.